The monoisotopic (exact) mass is 425 g/mol. The Labute approximate surface area is 188 Å². The molecule has 0 aliphatic carbocycles. The van der Waals surface area contributed by atoms with E-state index in [9.17, 15) is 5.11 Å². The summed E-state index contributed by atoms with van der Waals surface area (Å²) >= 11 is 0. The van der Waals surface area contributed by atoms with Gasteiger partial charge >= 0.3 is 0 Å². The lowest BCUT2D eigenvalue weighted by Crippen LogP contribution is -2.44. The number of phenols is 1. The molecule has 32 heavy (non-hydrogen) atoms. The summed E-state index contributed by atoms with van der Waals surface area (Å²) in [6.07, 6.45) is 1.85. The van der Waals surface area contributed by atoms with Crippen molar-refractivity contribution in [1.82, 2.24) is 14.9 Å². The standard InChI is InChI=1S/C26H27N5O/c1-18-16-21(8-11-24(18)31-14-12-30(2)13-15-31)28-26-27-17-20-4-3-5-23(25(20)29-26)19-6-9-22(32)10-7-19/h3-11,16-17,32H,12-15H2,1-2H3,(H,27,28,29). The van der Waals surface area contributed by atoms with Crippen LogP contribution in [0, 0.1) is 6.92 Å². The molecule has 3 aromatic carbocycles. The molecule has 0 radical (unpaired) electrons. The maximum atomic E-state index is 9.62. The number of nitrogens with zero attached hydrogens (tertiary/aromatic N) is 4. The van der Waals surface area contributed by atoms with E-state index in [0.717, 1.165) is 53.9 Å². The number of nitrogens with one attached hydrogen (secondary N) is 1. The number of piperazine rings is 1. The predicted molar refractivity (Wildman–Crippen MR) is 131 cm³/mol. The second-order valence-electron chi connectivity index (χ2n) is 8.40. The molecular formula is C26H27N5O. The number of phenolic OH excluding ortho intramolecular Hbond substituents is 1. The molecule has 0 amide bonds. The van der Waals surface area contributed by atoms with Crippen LogP contribution in [0.4, 0.5) is 17.3 Å². The number of rotatable bonds is 4. The minimum Gasteiger partial charge on any atom is -0.508 e. The zero-order valence-electron chi connectivity index (χ0n) is 18.4. The number of hydrogen-bond acceptors (Lipinski definition) is 6. The van der Waals surface area contributed by atoms with Crippen LogP contribution in [0.3, 0.4) is 0 Å². The molecule has 0 spiro atoms. The van der Waals surface area contributed by atoms with Gasteiger partial charge in [0.05, 0.1) is 5.52 Å². The lowest BCUT2D eigenvalue weighted by Gasteiger charge is -2.35. The van der Waals surface area contributed by atoms with Gasteiger partial charge in [0.2, 0.25) is 5.95 Å². The van der Waals surface area contributed by atoms with Crippen molar-refractivity contribution in [2.75, 3.05) is 43.4 Å². The molecular weight excluding hydrogens is 398 g/mol. The Morgan fingerprint density at radius 2 is 1.72 bits per heavy atom. The Kier molecular flexibility index (Phi) is 5.37. The Bertz CT molecular complexity index is 1250. The summed E-state index contributed by atoms with van der Waals surface area (Å²) in [5, 5.41) is 14.0. The first kappa shape index (κ1) is 20.3. The molecule has 2 N–H and O–H groups in total. The Hall–Kier alpha value is -3.64. The molecule has 1 aliphatic heterocycles. The molecule has 6 nitrogen and oxygen atoms in total. The van der Waals surface area contributed by atoms with Crippen molar-refractivity contribution in [3.63, 3.8) is 0 Å². The maximum Gasteiger partial charge on any atom is 0.227 e. The largest absolute Gasteiger partial charge is 0.508 e. The van der Waals surface area contributed by atoms with Gasteiger partial charge in [-0.25, -0.2) is 9.97 Å². The van der Waals surface area contributed by atoms with Crippen LogP contribution in [0.1, 0.15) is 5.56 Å². The van der Waals surface area contributed by atoms with Gasteiger partial charge in [-0.15, -0.1) is 0 Å². The lowest BCUT2D eigenvalue weighted by molar-refractivity contribution is 0.312. The molecule has 2 heterocycles. The van der Waals surface area contributed by atoms with Gasteiger partial charge in [0.1, 0.15) is 5.75 Å². The molecule has 0 saturated carbocycles. The van der Waals surface area contributed by atoms with Crippen molar-refractivity contribution in [3.05, 3.63) is 72.4 Å². The van der Waals surface area contributed by atoms with Gasteiger partial charge in [0.25, 0.3) is 0 Å². The van der Waals surface area contributed by atoms with E-state index in [1.54, 1.807) is 12.1 Å². The fraction of sp³-hybridized carbons (Fsp3) is 0.231. The van der Waals surface area contributed by atoms with E-state index in [1.807, 2.05) is 36.5 Å². The summed E-state index contributed by atoms with van der Waals surface area (Å²) in [5.74, 6) is 0.817. The molecule has 162 valence electrons. The molecule has 1 aromatic heterocycles. The smallest absolute Gasteiger partial charge is 0.227 e. The number of benzene rings is 3. The van der Waals surface area contributed by atoms with E-state index in [2.05, 4.69) is 52.3 Å². The van der Waals surface area contributed by atoms with Crippen LogP contribution in [0.2, 0.25) is 0 Å². The van der Waals surface area contributed by atoms with Gasteiger partial charge < -0.3 is 20.2 Å². The maximum absolute atomic E-state index is 9.62. The summed E-state index contributed by atoms with van der Waals surface area (Å²) in [6, 6.07) is 19.7. The second-order valence-corrected chi connectivity index (χ2v) is 8.40. The van der Waals surface area contributed by atoms with E-state index >= 15 is 0 Å². The third kappa shape index (κ3) is 4.09. The van der Waals surface area contributed by atoms with Crippen molar-refractivity contribution >= 4 is 28.2 Å². The topological polar surface area (TPSA) is 64.5 Å². The van der Waals surface area contributed by atoms with Crippen LogP contribution in [-0.4, -0.2) is 53.2 Å². The van der Waals surface area contributed by atoms with E-state index in [1.165, 1.54) is 11.3 Å². The number of aryl methyl sites for hydroxylation is 1. The second kappa shape index (κ2) is 8.48. The molecule has 5 rings (SSSR count). The van der Waals surface area contributed by atoms with Crippen molar-refractivity contribution < 1.29 is 5.11 Å². The SMILES string of the molecule is Cc1cc(Nc2ncc3cccc(-c4ccc(O)cc4)c3n2)ccc1N1CCN(C)CC1. The van der Waals surface area contributed by atoms with Crippen LogP contribution in [0.15, 0.2) is 66.9 Å². The molecule has 0 unspecified atom stereocenters. The van der Waals surface area contributed by atoms with Crippen molar-refractivity contribution in [2.45, 2.75) is 6.92 Å². The summed E-state index contributed by atoms with van der Waals surface area (Å²) < 4.78 is 0. The van der Waals surface area contributed by atoms with Gasteiger partial charge in [-0.05, 0) is 55.4 Å². The van der Waals surface area contributed by atoms with E-state index in [4.69, 9.17) is 4.98 Å². The van der Waals surface area contributed by atoms with Gasteiger partial charge in [-0.2, -0.15) is 0 Å². The Balaban J connectivity index is 1.42. The van der Waals surface area contributed by atoms with Gasteiger partial charge in [0.15, 0.2) is 0 Å². The summed E-state index contributed by atoms with van der Waals surface area (Å²) in [4.78, 5) is 14.2. The minimum atomic E-state index is 0.251. The zero-order chi connectivity index (χ0) is 22.1. The molecule has 1 aliphatic rings. The first-order chi connectivity index (χ1) is 15.6. The number of hydrogen-bond donors (Lipinski definition) is 2. The van der Waals surface area contributed by atoms with Crippen molar-refractivity contribution in [2.24, 2.45) is 0 Å². The summed E-state index contributed by atoms with van der Waals surface area (Å²) in [7, 11) is 2.17. The van der Waals surface area contributed by atoms with Crippen LogP contribution in [0.25, 0.3) is 22.0 Å². The quantitative estimate of drug-likeness (QED) is 0.489. The Morgan fingerprint density at radius 1 is 0.938 bits per heavy atom. The first-order valence-electron chi connectivity index (χ1n) is 10.9. The van der Waals surface area contributed by atoms with Gasteiger partial charge in [0, 0.05) is 54.7 Å². The average Bonchev–Trinajstić information content (AvgIpc) is 2.80. The number of aromatic nitrogens is 2. The van der Waals surface area contributed by atoms with Crippen LogP contribution >= 0.6 is 0 Å². The highest BCUT2D eigenvalue weighted by Crippen LogP contribution is 2.30. The third-order valence-corrected chi connectivity index (χ3v) is 6.09. The van der Waals surface area contributed by atoms with E-state index < -0.39 is 0 Å². The van der Waals surface area contributed by atoms with Crippen molar-refractivity contribution in [1.29, 1.82) is 0 Å². The number of fused-ring (bicyclic) bond motifs is 1. The highest BCUT2D eigenvalue weighted by molar-refractivity contribution is 5.94. The van der Waals surface area contributed by atoms with Crippen LogP contribution < -0.4 is 10.2 Å². The number of para-hydroxylation sites is 1. The van der Waals surface area contributed by atoms with Gasteiger partial charge in [-0.1, -0.05) is 30.3 Å². The van der Waals surface area contributed by atoms with Gasteiger partial charge in [-0.3, -0.25) is 0 Å². The normalized spacial score (nSPS) is 14.6. The number of likely N-dealkylation sites (N-methyl/N-ethyl adjacent to an activating group) is 1. The molecule has 4 aromatic rings. The fourth-order valence-electron chi connectivity index (χ4n) is 4.25. The number of anilines is 3. The van der Waals surface area contributed by atoms with E-state index in [0.29, 0.717) is 5.95 Å². The highest BCUT2D eigenvalue weighted by Gasteiger charge is 2.16. The molecule has 0 atom stereocenters. The van der Waals surface area contributed by atoms with Crippen LogP contribution in [0.5, 0.6) is 5.75 Å². The summed E-state index contributed by atoms with van der Waals surface area (Å²) in [5.41, 5.74) is 6.39. The van der Waals surface area contributed by atoms with E-state index in [-0.39, 0.29) is 5.75 Å². The molecule has 0 bridgehead atoms. The molecule has 6 heteroatoms. The van der Waals surface area contributed by atoms with Crippen LogP contribution in [-0.2, 0) is 0 Å². The average molecular weight is 426 g/mol. The zero-order valence-corrected chi connectivity index (χ0v) is 18.4. The molecule has 1 fully saturated rings. The minimum absolute atomic E-state index is 0.251. The number of aromatic hydroxyl groups is 1. The lowest BCUT2D eigenvalue weighted by atomic mass is 10.0. The van der Waals surface area contributed by atoms with Crippen molar-refractivity contribution in [3.8, 4) is 16.9 Å². The summed E-state index contributed by atoms with van der Waals surface area (Å²) in [6.45, 7) is 6.44. The molecule has 1 saturated heterocycles. The fourth-order valence-corrected chi connectivity index (χ4v) is 4.25. The Morgan fingerprint density at radius 3 is 2.47 bits per heavy atom. The first-order valence-corrected chi connectivity index (χ1v) is 10.9. The third-order valence-electron chi connectivity index (χ3n) is 6.09. The predicted octanol–water partition coefficient (Wildman–Crippen LogP) is 4.81. The highest BCUT2D eigenvalue weighted by atomic mass is 16.3.